The van der Waals surface area contributed by atoms with Gasteiger partial charge in [-0.05, 0) is 13.8 Å². The highest BCUT2D eigenvalue weighted by molar-refractivity contribution is 5.81. The molecule has 0 aliphatic rings. The van der Waals surface area contributed by atoms with E-state index in [-0.39, 0.29) is 5.97 Å². The second-order valence-corrected chi connectivity index (χ2v) is 1.51. The lowest BCUT2D eigenvalue weighted by atomic mass is 10.9. The molecule has 0 aromatic heterocycles. The van der Waals surface area contributed by atoms with E-state index in [9.17, 15) is 4.79 Å². The van der Waals surface area contributed by atoms with Crippen molar-refractivity contribution in [1.82, 2.24) is 0 Å². The van der Waals surface area contributed by atoms with Crippen LogP contribution in [0.25, 0.3) is 0 Å². The molecule has 3 heteroatoms. The van der Waals surface area contributed by atoms with E-state index in [0.717, 1.165) is 0 Å². The molecule has 0 atom stereocenters. The Morgan fingerprint density at radius 2 is 2.10 bits per heavy atom. The van der Waals surface area contributed by atoms with E-state index in [1.807, 2.05) is 6.92 Å². The van der Waals surface area contributed by atoms with Crippen molar-refractivity contribution in [3.63, 3.8) is 0 Å². The van der Waals surface area contributed by atoms with Crippen molar-refractivity contribution < 1.29 is 14.3 Å². The molecule has 0 bridgehead atoms. The lowest BCUT2D eigenvalue weighted by Gasteiger charge is -1.94. The summed E-state index contributed by atoms with van der Waals surface area (Å²) in [5.41, 5.74) is 0. The van der Waals surface area contributed by atoms with Gasteiger partial charge in [-0.2, -0.15) is 0 Å². The van der Waals surface area contributed by atoms with E-state index in [1.54, 1.807) is 6.92 Å². The molecule has 0 fully saturated rings. The molecule has 58 valence electrons. The monoisotopic (exact) mass is 146 g/mol. The SMILES string of the molecule is CCO/C=[13CH]/[13C](=O)OCC. The number of rotatable bonds is 4. The Morgan fingerprint density at radius 1 is 1.40 bits per heavy atom. The van der Waals surface area contributed by atoms with Crippen molar-refractivity contribution in [2.45, 2.75) is 13.8 Å². The summed E-state index contributed by atoms with van der Waals surface area (Å²) >= 11 is 0. The van der Waals surface area contributed by atoms with Gasteiger partial charge in [0.05, 0.1) is 25.6 Å². The summed E-state index contributed by atoms with van der Waals surface area (Å²) in [6.07, 6.45) is 2.59. The van der Waals surface area contributed by atoms with E-state index in [2.05, 4.69) is 4.74 Å². The molecule has 0 aromatic carbocycles. The number of hydrogen-bond donors (Lipinski definition) is 0. The molecule has 0 amide bonds. The van der Waals surface area contributed by atoms with Crippen LogP contribution >= 0.6 is 0 Å². The topological polar surface area (TPSA) is 35.5 Å². The van der Waals surface area contributed by atoms with Crippen LogP contribution in [0.15, 0.2) is 12.3 Å². The minimum Gasteiger partial charge on any atom is -0.501 e. The summed E-state index contributed by atoms with van der Waals surface area (Å²) in [7, 11) is 0. The van der Waals surface area contributed by atoms with Crippen LogP contribution < -0.4 is 0 Å². The Labute approximate surface area is 60.6 Å². The first kappa shape index (κ1) is 9.01. The molecule has 0 unspecified atom stereocenters. The highest BCUT2D eigenvalue weighted by atomic mass is 16.6. The zero-order valence-electron chi connectivity index (χ0n) is 6.29. The third-order valence-corrected chi connectivity index (χ3v) is 0.754. The Bertz CT molecular complexity index is 118. The van der Waals surface area contributed by atoms with Crippen molar-refractivity contribution in [3.05, 3.63) is 12.3 Å². The smallest absolute Gasteiger partial charge is 0.333 e. The van der Waals surface area contributed by atoms with Crippen LogP contribution in [0.2, 0.25) is 0 Å². The molecule has 0 saturated carbocycles. The van der Waals surface area contributed by atoms with Crippen LogP contribution in [0.3, 0.4) is 0 Å². The number of ether oxygens (including phenoxy) is 2. The highest BCUT2D eigenvalue weighted by Crippen LogP contribution is 1.81. The van der Waals surface area contributed by atoms with Gasteiger partial charge < -0.3 is 9.47 Å². The normalized spacial score (nSPS) is 9.80. The minimum absolute atomic E-state index is 0.365. The molecule has 3 nitrogen and oxygen atoms in total. The quantitative estimate of drug-likeness (QED) is 0.258. The van der Waals surface area contributed by atoms with Gasteiger partial charge >= 0.3 is 5.97 Å². The fourth-order valence-electron chi connectivity index (χ4n) is 0.390. The summed E-state index contributed by atoms with van der Waals surface area (Å²) < 4.78 is 9.35. The summed E-state index contributed by atoms with van der Waals surface area (Å²) in [4.78, 5) is 10.5. The summed E-state index contributed by atoms with van der Waals surface area (Å²) in [6.45, 7) is 4.56. The van der Waals surface area contributed by atoms with Crippen molar-refractivity contribution in [2.24, 2.45) is 0 Å². The van der Waals surface area contributed by atoms with Crippen LogP contribution in [0.5, 0.6) is 0 Å². The first-order valence-electron chi connectivity index (χ1n) is 3.26. The Morgan fingerprint density at radius 3 is 2.60 bits per heavy atom. The Balaban J connectivity index is 3.36. The van der Waals surface area contributed by atoms with Gasteiger partial charge in [0, 0.05) is 0 Å². The average molecular weight is 146 g/mol. The van der Waals surface area contributed by atoms with Crippen molar-refractivity contribution in [2.75, 3.05) is 13.2 Å². The van der Waals surface area contributed by atoms with Crippen LogP contribution in [0.4, 0.5) is 0 Å². The highest BCUT2D eigenvalue weighted by Gasteiger charge is 1.90. The number of carbonyl (C=O) groups excluding carboxylic acids is 1. The molecule has 0 N–H and O–H groups in total. The maximum atomic E-state index is 10.5. The van der Waals surface area contributed by atoms with Crippen LogP contribution in [0, 0.1) is 0 Å². The van der Waals surface area contributed by atoms with E-state index < -0.39 is 0 Å². The summed E-state index contributed by atoms with van der Waals surface area (Å²) in [6, 6.07) is 0. The molecule has 0 heterocycles. The zero-order valence-corrected chi connectivity index (χ0v) is 6.29. The van der Waals surface area contributed by atoms with Gasteiger partial charge in [-0.25, -0.2) is 4.79 Å². The van der Waals surface area contributed by atoms with Gasteiger partial charge in [0.2, 0.25) is 0 Å². The van der Waals surface area contributed by atoms with Gasteiger partial charge in [-0.15, -0.1) is 0 Å². The van der Waals surface area contributed by atoms with Gasteiger partial charge in [0.1, 0.15) is 0 Å². The molecule has 0 aliphatic carbocycles. The first-order chi connectivity index (χ1) is 4.81. The second-order valence-electron chi connectivity index (χ2n) is 1.51. The van der Waals surface area contributed by atoms with Crippen LogP contribution in [0.1, 0.15) is 13.8 Å². The molecular weight excluding hydrogens is 134 g/mol. The van der Waals surface area contributed by atoms with Gasteiger partial charge in [-0.3, -0.25) is 0 Å². The molecule has 0 radical (unpaired) electrons. The molecule has 0 aliphatic heterocycles. The van der Waals surface area contributed by atoms with Gasteiger partial charge in [-0.1, -0.05) is 0 Å². The van der Waals surface area contributed by atoms with Crippen LogP contribution in [-0.4, -0.2) is 19.2 Å². The van der Waals surface area contributed by atoms with Crippen molar-refractivity contribution in [1.29, 1.82) is 0 Å². The molecule has 0 spiro atoms. The molecule has 0 aromatic rings. The minimum atomic E-state index is -0.365. The largest absolute Gasteiger partial charge is 0.501 e. The predicted octanol–water partition coefficient (Wildman–Crippen LogP) is 1.10. The lowest BCUT2D eigenvalue weighted by Crippen LogP contribution is -1.99. The van der Waals surface area contributed by atoms with E-state index >= 15 is 0 Å². The molecule has 0 saturated heterocycles. The summed E-state index contributed by atoms with van der Waals surface area (Å²) in [5.74, 6) is -0.365. The lowest BCUT2D eigenvalue weighted by molar-refractivity contribution is -0.137. The fourth-order valence-corrected chi connectivity index (χ4v) is 0.390. The third kappa shape index (κ3) is 5.15. The summed E-state index contributed by atoms with van der Waals surface area (Å²) in [5, 5.41) is 0. The van der Waals surface area contributed by atoms with Crippen molar-refractivity contribution in [3.8, 4) is 0 Å². The van der Waals surface area contributed by atoms with E-state index in [1.165, 1.54) is 12.3 Å². The standard InChI is InChI=1S/C7H12O3/c1-3-9-6-5-7(8)10-4-2/h5-6H,3-4H2,1-2H3/b6-5+/i5+1,7+1. The Hall–Kier alpha value is -0.990. The van der Waals surface area contributed by atoms with E-state index in [4.69, 9.17) is 4.74 Å². The predicted molar refractivity (Wildman–Crippen MR) is 37.4 cm³/mol. The maximum Gasteiger partial charge on any atom is 0.333 e. The first-order valence-corrected chi connectivity index (χ1v) is 3.26. The maximum absolute atomic E-state index is 10.5. The number of esters is 1. The fraction of sp³-hybridized carbons (Fsp3) is 0.571. The van der Waals surface area contributed by atoms with Crippen molar-refractivity contribution >= 4 is 5.97 Å². The van der Waals surface area contributed by atoms with Gasteiger partial charge in [0.15, 0.2) is 0 Å². The average Bonchev–Trinajstić information content (AvgIpc) is 1.89. The second kappa shape index (κ2) is 6.13. The molecule has 0 rings (SSSR count). The number of carbonyl (C=O) groups is 1. The Kier molecular flexibility index (Phi) is 5.53. The third-order valence-electron chi connectivity index (χ3n) is 0.754. The zero-order chi connectivity index (χ0) is 7.82. The van der Waals surface area contributed by atoms with E-state index in [0.29, 0.717) is 13.2 Å². The molecule has 10 heavy (non-hydrogen) atoms. The molecular formula is C7H12O3. The van der Waals surface area contributed by atoms with Gasteiger partial charge in [0.25, 0.3) is 0 Å². The van der Waals surface area contributed by atoms with Crippen LogP contribution in [-0.2, 0) is 14.3 Å². The number of hydrogen-bond acceptors (Lipinski definition) is 3.